The van der Waals surface area contributed by atoms with Crippen molar-refractivity contribution in [3.8, 4) is 0 Å². The van der Waals surface area contributed by atoms with Crippen LogP contribution in [0.2, 0.25) is 0 Å². The topological polar surface area (TPSA) is 4.93 Å². The first kappa shape index (κ1) is 6.11. The molecule has 0 unspecified atom stereocenters. The normalized spacial score (nSPS) is 10.4. The highest BCUT2D eigenvalue weighted by molar-refractivity contribution is 7.98. The van der Waals surface area contributed by atoms with Crippen LogP contribution in [-0.4, -0.2) is 4.57 Å². The van der Waals surface area contributed by atoms with Gasteiger partial charge in [0, 0.05) is 12.4 Å². The first-order valence-electron chi connectivity index (χ1n) is 2.29. The highest BCUT2D eigenvalue weighted by Crippen LogP contribution is 2.14. The first-order valence-corrected chi connectivity index (χ1v) is 3.32. The molecule has 0 atom stereocenters. The molecule has 0 aliphatic carbocycles. The maximum atomic E-state index is 4.08. The number of thiol groups is 2. The maximum absolute atomic E-state index is 4.08. The molecular formula is C5H7NS2. The van der Waals surface area contributed by atoms with Gasteiger partial charge in [-0.05, 0) is 12.1 Å². The summed E-state index contributed by atoms with van der Waals surface area (Å²) in [7, 11) is 0. The molecule has 44 valence electrons. The van der Waals surface area contributed by atoms with Gasteiger partial charge >= 0.3 is 0 Å². The highest BCUT2D eigenvalue weighted by atomic mass is 32.2. The molecule has 0 bridgehead atoms. The van der Waals surface area contributed by atoms with Gasteiger partial charge < -0.3 is 4.57 Å². The van der Waals surface area contributed by atoms with Gasteiger partial charge in [0.2, 0.25) is 0 Å². The zero-order valence-corrected chi connectivity index (χ0v) is 6.02. The van der Waals surface area contributed by atoms with Crippen LogP contribution in [0.5, 0.6) is 0 Å². The summed E-state index contributed by atoms with van der Waals surface area (Å²) in [5.74, 6) is 0. The van der Waals surface area contributed by atoms with Crippen LogP contribution in [0.3, 0.4) is 0 Å². The van der Waals surface area contributed by atoms with Gasteiger partial charge in [-0.1, -0.05) is 0 Å². The van der Waals surface area contributed by atoms with Crippen molar-refractivity contribution < 1.29 is 0 Å². The molecule has 0 spiro atoms. The Kier molecular flexibility index (Phi) is 1.91. The van der Waals surface area contributed by atoms with Crippen molar-refractivity contribution in [1.29, 1.82) is 0 Å². The minimum absolute atomic E-state index is 0.00926. The van der Waals surface area contributed by atoms with E-state index in [1.165, 1.54) is 0 Å². The standard InChI is InChI=1S/C5H7NS2/c7-5(8)6-3-1-2-4-6/h1-5,7-8H. The van der Waals surface area contributed by atoms with Crippen molar-refractivity contribution in [3.63, 3.8) is 0 Å². The van der Waals surface area contributed by atoms with Crippen LogP contribution in [0.25, 0.3) is 0 Å². The van der Waals surface area contributed by atoms with Gasteiger partial charge in [-0.25, -0.2) is 0 Å². The lowest BCUT2D eigenvalue weighted by Gasteiger charge is -2.02. The van der Waals surface area contributed by atoms with Crippen molar-refractivity contribution in [1.82, 2.24) is 4.57 Å². The maximum Gasteiger partial charge on any atom is 0.120 e. The Morgan fingerprint density at radius 2 is 1.62 bits per heavy atom. The van der Waals surface area contributed by atoms with Gasteiger partial charge in [-0.2, -0.15) is 0 Å². The van der Waals surface area contributed by atoms with Crippen LogP contribution < -0.4 is 0 Å². The molecule has 1 aromatic rings. The predicted octanol–water partition coefficient (Wildman–Crippen LogP) is 1.80. The third-order valence-electron chi connectivity index (χ3n) is 0.894. The monoisotopic (exact) mass is 145 g/mol. The lowest BCUT2D eigenvalue weighted by atomic mass is 10.7. The summed E-state index contributed by atoms with van der Waals surface area (Å²) < 4.78 is 1.89. The first-order chi connectivity index (χ1) is 3.80. The van der Waals surface area contributed by atoms with Crippen molar-refractivity contribution in [2.75, 3.05) is 0 Å². The molecule has 0 fully saturated rings. The lowest BCUT2D eigenvalue weighted by Crippen LogP contribution is -1.88. The third-order valence-corrected chi connectivity index (χ3v) is 1.43. The molecule has 0 aliphatic heterocycles. The van der Waals surface area contributed by atoms with Crippen LogP contribution in [-0.2, 0) is 0 Å². The molecule has 3 heteroatoms. The predicted molar refractivity (Wildman–Crippen MR) is 41.4 cm³/mol. The Morgan fingerprint density at radius 3 is 1.88 bits per heavy atom. The fourth-order valence-electron chi connectivity index (χ4n) is 0.502. The van der Waals surface area contributed by atoms with E-state index in [1.54, 1.807) is 0 Å². The molecule has 0 aliphatic rings. The summed E-state index contributed by atoms with van der Waals surface area (Å²) in [6.45, 7) is 0. The van der Waals surface area contributed by atoms with E-state index in [1.807, 2.05) is 29.1 Å². The second-order valence-corrected chi connectivity index (χ2v) is 2.86. The van der Waals surface area contributed by atoms with Gasteiger partial charge in [0.15, 0.2) is 0 Å². The van der Waals surface area contributed by atoms with E-state index in [2.05, 4.69) is 25.3 Å². The number of nitrogens with zero attached hydrogens (tertiary/aromatic N) is 1. The second-order valence-electron chi connectivity index (χ2n) is 1.48. The molecule has 0 saturated carbocycles. The Balaban J connectivity index is 2.77. The molecule has 1 heterocycles. The Hall–Kier alpha value is -0.0200. The highest BCUT2D eigenvalue weighted by Gasteiger charge is 1.91. The van der Waals surface area contributed by atoms with E-state index in [-0.39, 0.29) is 4.71 Å². The van der Waals surface area contributed by atoms with Crippen LogP contribution in [0, 0.1) is 0 Å². The summed E-state index contributed by atoms with van der Waals surface area (Å²) in [4.78, 5) is 0. The molecule has 1 aromatic heterocycles. The Bertz CT molecular complexity index is 145. The number of rotatable bonds is 1. The summed E-state index contributed by atoms with van der Waals surface area (Å²) in [6, 6.07) is 3.89. The Morgan fingerprint density at radius 1 is 1.12 bits per heavy atom. The summed E-state index contributed by atoms with van der Waals surface area (Å²) >= 11 is 8.16. The molecular weight excluding hydrogens is 138 g/mol. The fourth-order valence-corrected chi connectivity index (χ4v) is 0.810. The molecule has 0 N–H and O–H groups in total. The summed E-state index contributed by atoms with van der Waals surface area (Å²) in [5.41, 5.74) is 0. The average Bonchev–Trinajstić information content (AvgIpc) is 2.12. The van der Waals surface area contributed by atoms with E-state index in [4.69, 9.17) is 0 Å². The van der Waals surface area contributed by atoms with Gasteiger partial charge in [0.05, 0.1) is 0 Å². The lowest BCUT2D eigenvalue weighted by molar-refractivity contribution is 0.893. The quantitative estimate of drug-likeness (QED) is 0.439. The van der Waals surface area contributed by atoms with E-state index in [0.29, 0.717) is 0 Å². The minimum atomic E-state index is -0.00926. The summed E-state index contributed by atoms with van der Waals surface area (Å²) in [5, 5.41) is 0. The molecule has 1 nitrogen and oxygen atoms in total. The zero-order valence-electron chi connectivity index (χ0n) is 4.23. The van der Waals surface area contributed by atoms with Crippen molar-refractivity contribution in [3.05, 3.63) is 24.5 Å². The number of hydrogen-bond acceptors (Lipinski definition) is 2. The van der Waals surface area contributed by atoms with Crippen molar-refractivity contribution in [2.24, 2.45) is 0 Å². The van der Waals surface area contributed by atoms with E-state index in [0.717, 1.165) is 0 Å². The number of hydrogen-bond donors (Lipinski definition) is 2. The molecule has 0 aromatic carbocycles. The van der Waals surface area contributed by atoms with E-state index < -0.39 is 0 Å². The molecule has 0 radical (unpaired) electrons. The molecule has 8 heavy (non-hydrogen) atoms. The Labute approximate surface area is 59.5 Å². The van der Waals surface area contributed by atoms with Crippen LogP contribution in [0.1, 0.15) is 4.71 Å². The number of aromatic nitrogens is 1. The minimum Gasteiger partial charge on any atom is -0.333 e. The molecule has 0 saturated heterocycles. The van der Waals surface area contributed by atoms with Gasteiger partial charge in [0.1, 0.15) is 4.71 Å². The molecule has 0 amide bonds. The summed E-state index contributed by atoms with van der Waals surface area (Å²) in [6.07, 6.45) is 3.84. The fraction of sp³-hybridized carbons (Fsp3) is 0.200. The van der Waals surface area contributed by atoms with Crippen LogP contribution >= 0.6 is 25.3 Å². The smallest absolute Gasteiger partial charge is 0.120 e. The molecule has 1 rings (SSSR count). The zero-order chi connectivity index (χ0) is 5.98. The van der Waals surface area contributed by atoms with E-state index in [9.17, 15) is 0 Å². The van der Waals surface area contributed by atoms with Gasteiger partial charge in [0.25, 0.3) is 0 Å². The van der Waals surface area contributed by atoms with Gasteiger partial charge in [-0.15, -0.1) is 25.3 Å². The van der Waals surface area contributed by atoms with Crippen LogP contribution in [0.4, 0.5) is 0 Å². The van der Waals surface area contributed by atoms with Gasteiger partial charge in [-0.3, -0.25) is 0 Å². The second kappa shape index (κ2) is 2.51. The van der Waals surface area contributed by atoms with E-state index >= 15 is 0 Å². The third kappa shape index (κ3) is 1.23. The van der Waals surface area contributed by atoms with Crippen LogP contribution in [0.15, 0.2) is 24.5 Å². The van der Waals surface area contributed by atoms with Crippen molar-refractivity contribution >= 4 is 25.3 Å². The average molecular weight is 145 g/mol. The SMILES string of the molecule is SC(S)n1cccc1. The largest absolute Gasteiger partial charge is 0.333 e. The van der Waals surface area contributed by atoms with Crippen molar-refractivity contribution in [2.45, 2.75) is 4.71 Å².